The number of rotatable bonds is 4. The average Bonchev–Trinajstić information content (AvgIpc) is 2.58. The van der Waals surface area contributed by atoms with Crippen LogP contribution in [-0.2, 0) is 9.53 Å². The first-order chi connectivity index (χ1) is 11.1. The third-order valence-corrected chi connectivity index (χ3v) is 2.79. The van der Waals surface area contributed by atoms with Crippen LogP contribution < -0.4 is 0 Å². The highest BCUT2D eigenvalue weighted by atomic mass is 16.6. The molecular weight excluding hydrogens is 294 g/mol. The minimum absolute atomic E-state index is 0.0732. The molecule has 0 saturated heterocycles. The zero-order chi connectivity index (χ0) is 16.5. The Balaban J connectivity index is 1.87. The predicted molar refractivity (Wildman–Crippen MR) is 86.4 cm³/mol. The number of nitro benzene ring substituents is 1. The summed E-state index contributed by atoms with van der Waals surface area (Å²) in [7, 11) is 0. The van der Waals surface area contributed by atoms with E-state index in [-0.39, 0.29) is 12.3 Å². The van der Waals surface area contributed by atoms with Crippen molar-refractivity contribution < 1.29 is 14.5 Å². The molecule has 0 heterocycles. The second-order valence-electron chi connectivity index (χ2n) is 4.47. The van der Waals surface area contributed by atoms with E-state index >= 15 is 0 Å². The van der Waals surface area contributed by atoms with Gasteiger partial charge in [-0.3, -0.25) is 10.1 Å². The summed E-state index contributed by atoms with van der Waals surface area (Å²) in [5, 5.41) is 10.6. The number of nitrogens with zero attached hydrogens (tertiary/aromatic N) is 1. The van der Waals surface area contributed by atoms with E-state index in [4.69, 9.17) is 4.74 Å². The molecule has 0 aliphatic heterocycles. The highest BCUT2D eigenvalue weighted by Crippen LogP contribution is 2.11. The van der Waals surface area contributed by atoms with Gasteiger partial charge in [-0.1, -0.05) is 48.4 Å². The first kappa shape index (κ1) is 16.0. The van der Waals surface area contributed by atoms with E-state index in [1.54, 1.807) is 12.1 Å². The van der Waals surface area contributed by atoms with E-state index in [9.17, 15) is 14.9 Å². The molecule has 0 aliphatic carbocycles. The second-order valence-corrected chi connectivity index (χ2v) is 4.47. The summed E-state index contributed by atoms with van der Waals surface area (Å²) in [4.78, 5) is 21.6. The normalized spacial score (nSPS) is 9.91. The van der Waals surface area contributed by atoms with Gasteiger partial charge in [0.05, 0.1) is 4.92 Å². The summed E-state index contributed by atoms with van der Waals surface area (Å²) in [6, 6.07) is 15.4. The molecule has 23 heavy (non-hydrogen) atoms. The molecule has 0 unspecified atom stereocenters. The Morgan fingerprint density at radius 1 is 1.17 bits per heavy atom. The second kappa shape index (κ2) is 8.15. The van der Waals surface area contributed by atoms with Gasteiger partial charge in [0.25, 0.3) is 5.69 Å². The third-order valence-electron chi connectivity index (χ3n) is 2.79. The van der Waals surface area contributed by atoms with Crippen LogP contribution in [0.4, 0.5) is 5.69 Å². The van der Waals surface area contributed by atoms with Crippen LogP contribution in [0.5, 0.6) is 0 Å². The minimum atomic E-state index is -0.686. The fourth-order valence-electron chi connectivity index (χ4n) is 1.73. The Kier molecular flexibility index (Phi) is 5.67. The summed E-state index contributed by atoms with van der Waals surface area (Å²) in [5.41, 5.74) is 1.32. The molecule has 0 spiro atoms. The largest absolute Gasteiger partial charge is 0.452 e. The fourth-order valence-corrected chi connectivity index (χ4v) is 1.73. The van der Waals surface area contributed by atoms with Crippen LogP contribution >= 0.6 is 0 Å². The van der Waals surface area contributed by atoms with Gasteiger partial charge in [0, 0.05) is 23.6 Å². The van der Waals surface area contributed by atoms with Gasteiger partial charge >= 0.3 is 5.97 Å². The molecule has 0 aromatic heterocycles. The van der Waals surface area contributed by atoms with E-state index < -0.39 is 10.9 Å². The van der Waals surface area contributed by atoms with Crippen LogP contribution in [0.2, 0.25) is 0 Å². The highest BCUT2D eigenvalue weighted by Gasteiger charge is 2.04. The zero-order valence-electron chi connectivity index (χ0n) is 12.1. The Bertz CT molecular complexity index is 785. The summed E-state index contributed by atoms with van der Waals surface area (Å²) < 4.78 is 4.93. The molecule has 0 amide bonds. The maximum absolute atomic E-state index is 11.5. The van der Waals surface area contributed by atoms with Crippen molar-refractivity contribution in [1.82, 2.24) is 0 Å². The zero-order valence-corrected chi connectivity index (χ0v) is 12.1. The van der Waals surface area contributed by atoms with Crippen LogP contribution in [0.15, 0.2) is 60.7 Å². The van der Waals surface area contributed by atoms with Crippen LogP contribution in [0.1, 0.15) is 11.1 Å². The van der Waals surface area contributed by atoms with Crippen molar-refractivity contribution in [3.05, 3.63) is 81.9 Å². The number of carbonyl (C=O) groups excluding carboxylic acids is 1. The summed E-state index contributed by atoms with van der Waals surface area (Å²) in [6.45, 7) is 0.108. The van der Waals surface area contributed by atoms with Crippen molar-refractivity contribution in [1.29, 1.82) is 0 Å². The Morgan fingerprint density at radius 3 is 2.70 bits per heavy atom. The number of carbonyl (C=O) groups is 1. The van der Waals surface area contributed by atoms with E-state index in [0.717, 1.165) is 5.56 Å². The SMILES string of the molecule is O=C(C#Cc1cccc([N+](=O)[O-])c1)OC/C=C/c1ccccc1. The van der Waals surface area contributed by atoms with E-state index in [1.165, 1.54) is 18.2 Å². The van der Waals surface area contributed by atoms with Crippen LogP contribution in [-0.4, -0.2) is 17.5 Å². The van der Waals surface area contributed by atoms with Crippen LogP contribution in [0.25, 0.3) is 6.08 Å². The lowest BCUT2D eigenvalue weighted by Gasteiger charge is -1.95. The number of non-ortho nitro benzene ring substituents is 1. The monoisotopic (exact) mass is 307 g/mol. The Hall–Kier alpha value is -3.39. The van der Waals surface area contributed by atoms with Gasteiger partial charge in [-0.25, -0.2) is 4.79 Å². The standard InChI is InChI=1S/C18H13NO4/c20-18(23-13-5-9-15-6-2-1-3-7-15)12-11-16-8-4-10-17(14-16)19(21)22/h1-10,14H,13H2/b9-5+. The molecule has 0 fully saturated rings. The molecule has 0 bridgehead atoms. The van der Waals surface area contributed by atoms with Crippen molar-refractivity contribution >= 4 is 17.7 Å². The van der Waals surface area contributed by atoms with E-state index in [0.29, 0.717) is 5.56 Å². The van der Waals surface area contributed by atoms with Gasteiger partial charge in [0.1, 0.15) is 6.61 Å². The van der Waals surface area contributed by atoms with Crippen LogP contribution in [0, 0.1) is 22.0 Å². The number of nitro groups is 1. The van der Waals surface area contributed by atoms with E-state index in [2.05, 4.69) is 11.8 Å². The maximum atomic E-state index is 11.5. The van der Waals surface area contributed by atoms with Crippen molar-refractivity contribution in [3.8, 4) is 11.8 Å². The lowest BCUT2D eigenvalue weighted by molar-refractivity contribution is -0.384. The van der Waals surface area contributed by atoms with Crippen LogP contribution in [0.3, 0.4) is 0 Å². The number of hydrogen-bond acceptors (Lipinski definition) is 4. The minimum Gasteiger partial charge on any atom is -0.452 e. The predicted octanol–water partition coefficient (Wildman–Crippen LogP) is 3.20. The molecule has 114 valence electrons. The molecule has 2 aromatic rings. The van der Waals surface area contributed by atoms with Gasteiger partial charge in [0.2, 0.25) is 0 Å². The molecule has 2 rings (SSSR count). The molecule has 0 N–H and O–H groups in total. The number of ether oxygens (including phenoxy) is 1. The molecule has 5 heteroatoms. The summed E-state index contributed by atoms with van der Waals surface area (Å²) >= 11 is 0. The number of esters is 1. The molecule has 0 radical (unpaired) electrons. The molecular formula is C18H13NO4. The number of benzene rings is 2. The molecule has 5 nitrogen and oxygen atoms in total. The Morgan fingerprint density at radius 2 is 1.96 bits per heavy atom. The lowest BCUT2D eigenvalue weighted by atomic mass is 10.2. The Labute approximate surface area is 133 Å². The van der Waals surface area contributed by atoms with Gasteiger partial charge in [-0.05, 0) is 17.7 Å². The lowest BCUT2D eigenvalue weighted by Crippen LogP contribution is -2.00. The van der Waals surface area contributed by atoms with Crippen molar-refractivity contribution in [2.24, 2.45) is 0 Å². The number of hydrogen-bond donors (Lipinski definition) is 0. The fraction of sp³-hybridized carbons (Fsp3) is 0.0556. The molecule has 0 atom stereocenters. The van der Waals surface area contributed by atoms with Gasteiger partial charge in [0.15, 0.2) is 0 Å². The topological polar surface area (TPSA) is 69.4 Å². The van der Waals surface area contributed by atoms with Crippen molar-refractivity contribution in [2.75, 3.05) is 6.61 Å². The van der Waals surface area contributed by atoms with Gasteiger partial charge in [-0.2, -0.15) is 0 Å². The average molecular weight is 307 g/mol. The van der Waals surface area contributed by atoms with E-state index in [1.807, 2.05) is 36.4 Å². The van der Waals surface area contributed by atoms with Crippen molar-refractivity contribution in [2.45, 2.75) is 0 Å². The first-order valence-electron chi connectivity index (χ1n) is 6.80. The first-order valence-corrected chi connectivity index (χ1v) is 6.80. The maximum Gasteiger partial charge on any atom is 0.385 e. The summed E-state index contributed by atoms with van der Waals surface area (Å²) in [6.07, 6.45) is 3.55. The smallest absolute Gasteiger partial charge is 0.385 e. The summed E-state index contributed by atoms with van der Waals surface area (Å²) in [5.74, 6) is 4.16. The molecule has 0 saturated carbocycles. The van der Waals surface area contributed by atoms with Crippen molar-refractivity contribution in [3.63, 3.8) is 0 Å². The molecule has 2 aromatic carbocycles. The van der Waals surface area contributed by atoms with Gasteiger partial charge in [-0.15, -0.1) is 0 Å². The highest BCUT2D eigenvalue weighted by molar-refractivity contribution is 5.89. The van der Waals surface area contributed by atoms with Gasteiger partial charge < -0.3 is 4.74 Å². The quantitative estimate of drug-likeness (QED) is 0.376. The third kappa shape index (κ3) is 5.48. The molecule has 0 aliphatic rings.